The second kappa shape index (κ2) is 6.39. The number of anilines is 1. The van der Waals surface area contributed by atoms with E-state index in [-0.39, 0.29) is 5.91 Å². The highest BCUT2D eigenvalue weighted by Gasteiger charge is 2.15. The van der Waals surface area contributed by atoms with Crippen LogP contribution in [-0.4, -0.2) is 31.4 Å². The topological polar surface area (TPSA) is 68.5 Å². The van der Waals surface area contributed by atoms with Crippen LogP contribution in [0.2, 0.25) is 0 Å². The number of benzene rings is 1. The van der Waals surface area contributed by atoms with Gasteiger partial charge in [0.25, 0.3) is 0 Å². The molecule has 2 rings (SSSR count). The Morgan fingerprint density at radius 2 is 1.82 bits per heavy atom. The van der Waals surface area contributed by atoms with Gasteiger partial charge in [-0.2, -0.15) is 0 Å². The normalized spacial score (nSPS) is 16.2. The molecule has 114 valence electrons. The first kappa shape index (κ1) is 15.7. The lowest BCUT2D eigenvalue weighted by Crippen LogP contribution is -2.27. The first-order chi connectivity index (χ1) is 10.4. The Hall–Kier alpha value is -2.69. The van der Waals surface area contributed by atoms with Gasteiger partial charge in [-0.25, -0.2) is 4.99 Å². The molecule has 1 aliphatic rings. The molecule has 0 fully saturated rings. The van der Waals surface area contributed by atoms with E-state index in [1.807, 2.05) is 56.3 Å². The highest BCUT2D eigenvalue weighted by atomic mass is 16.1. The zero-order chi connectivity index (χ0) is 16.3. The fourth-order valence-corrected chi connectivity index (χ4v) is 2.04. The fraction of sp³-hybridized carbons (Fsp3) is 0.235. The van der Waals surface area contributed by atoms with E-state index in [0.29, 0.717) is 17.1 Å². The third-order valence-electron chi connectivity index (χ3n) is 3.27. The third-order valence-corrected chi connectivity index (χ3v) is 3.27. The van der Waals surface area contributed by atoms with Crippen molar-refractivity contribution in [1.82, 2.24) is 5.32 Å². The molecule has 1 aromatic carbocycles. The van der Waals surface area contributed by atoms with Crippen LogP contribution in [0.4, 0.5) is 11.4 Å². The largest absolute Gasteiger partial charge is 0.378 e. The van der Waals surface area contributed by atoms with Gasteiger partial charge in [-0.15, -0.1) is 0 Å². The van der Waals surface area contributed by atoms with Crippen molar-refractivity contribution in [3.8, 4) is 0 Å². The molecule has 0 aliphatic heterocycles. The maximum atomic E-state index is 11.3. The minimum atomic E-state index is -0.178. The lowest BCUT2D eigenvalue weighted by molar-refractivity contribution is -0.118. The van der Waals surface area contributed by atoms with Crippen LogP contribution in [0.1, 0.15) is 13.8 Å². The summed E-state index contributed by atoms with van der Waals surface area (Å²) in [5.41, 5.74) is 4.30. The standard InChI is InChI=1S/C17H20N4O/c1-11-9-16(17(10-15(11)18)19-12(2)22)20-13-5-7-14(8-6-13)21(3)4/h5-10,18H,1-4H3,(H,19,22). The molecule has 0 saturated carbocycles. The van der Waals surface area contributed by atoms with Crippen LogP contribution in [0.25, 0.3) is 0 Å². The average molecular weight is 296 g/mol. The lowest BCUT2D eigenvalue weighted by atomic mass is 10.0. The highest BCUT2D eigenvalue weighted by molar-refractivity contribution is 6.23. The van der Waals surface area contributed by atoms with Crippen LogP contribution >= 0.6 is 0 Å². The van der Waals surface area contributed by atoms with E-state index in [0.717, 1.165) is 16.9 Å². The van der Waals surface area contributed by atoms with E-state index in [1.54, 1.807) is 6.08 Å². The zero-order valence-electron chi connectivity index (χ0n) is 13.3. The summed E-state index contributed by atoms with van der Waals surface area (Å²) in [6, 6.07) is 7.83. The molecule has 1 amide bonds. The molecule has 0 saturated heterocycles. The van der Waals surface area contributed by atoms with Gasteiger partial charge >= 0.3 is 0 Å². The summed E-state index contributed by atoms with van der Waals surface area (Å²) in [5, 5.41) is 10.6. The lowest BCUT2D eigenvalue weighted by Gasteiger charge is -2.16. The predicted octanol–water partition coefficient (Wildman–Crippen LogP) is 2.82. The molecule has 0 unspecified atom stereocenters. The molecule has 5 heteroatoms. The zero-order valence-corrected chi connectivity index (χ0v) is 13.3. The first-order valence-corrected chi connectivity index (χ1v) is 7.00. The van der Waals surface area contributed by atoms with E-state index in [4.69, 9.17) is 5.41 Å². The molecular weight excluding hydrogens is 276 g/mol. The van der Waals surface area contributed by atoms with Crippen molar-refractivity contribution in [1.29, 1.82) is 5.41 Å². The maximum Gasteiger partial charge on any atom is 0.221 e. The summed E-state index contributed by atoms with van der Waals surface area (Å²) < 4.78 is 0. The van der Waals surface area contributed by atoms with E-state index >= 15 is 0 Å². The Labute approximate surface area is 130 Å². The molecule has 0 atom stereocenters. The van der Waals surface area contributed by atoms with Crippen molar-refractivity contribution in [3.05, 3.63) is 47.7 Å². The minimum Gasteiger partial charge on any atom is -0.378 e. The number of aliphatic imine (C=N–C) groups is 1. The minimum absolute atomic E-state index is 0.178. The van der Waals surface area contributed by atoms with Crippen LogP contribution in [0.3, 0.4) is 0 Å². The molecule has 2 N–H and O–H groups in total. The fourth-order valence-electron chi connectivity index (χ4n) is 2.04. The molecule has 0 heterocycles. The van der Waals surface area contributed by atoms with Gasteiger partial charge in [0.2, 0.25) is 5.91 Å². The third kappa shape index (κ3) is 3.69. The average Bonchev–Trinajstić information content (AvgIpc) is 2.44. The molecule has 0 bridgehead atoms. The van der Waals surface area contributed by atoms with Gasteiger partial charge in [0, 0.05) is 26.7 Å². The summed E-state index contributed by atoms with van der Waals surface area (Å²) >= 11 is 0. The van der Waals surface area contributed by atoms with Gasteiger partial charge in [0.1, 0.15) is 0 Å². The van der Waals surface area contributed by atoms with Crippen LogP contribution in [0.15, 0.2) is 52.7 Å². The Morgan fingerprint density at radius 3 is 2.36 bits per heavy atom. The SMILES string of the molecule is CC(=O)NC1=CC(=N)C(C)=CC1=Nc1ccc(N(C)C)cc1. The van der Waals surface area contributed by atoms with Crippen molar-refractivity contribution in [2.24, 2.45) is 4.99 Å². The number of rotatable bonds is 3. The smallest absolute Gasteiger partial charge is 0.221 e. The van der Waals surface area contributed by atoms with Crippen LogP contribution < -0.4 is 10.2 Å². The van der Waals surface area contributed by atoms with Crippen molar-refractivity contribution in [3.63, 3.8) is 0 Å². The molecule has 1 aliphatic carbocycles. The summed E-state index contributed by atoms with van der Waals surface area (Å²) in [6.45, 7) is 3.30. The Balaban J connectivity index is 2.36. The summed E-state index contributed by atoms with van der Waals surface area (Å²) in [6.07, 6.45) is 3.44. The van der Waals surface area contributed by atoms with Gasteiger partial charge in [-0.05, 0) is 48.9 Å². The number of hydrogen-bond acceptors (Lipinski definition) is 4. The number of amides is 1. The van der Waals surface area contributed by atoms with E-state index < -0.39 is 0 Å². The number of allylic oxidation sites excluding steroid dienone is 3. The second-order valence-electron chi connectivity index (χ2n) is 5.39. The van der Waals surface area contributed by atoms with Gasteiger partial charge < -0.3 is 15.6 Å². The monoisotopic (exact) mass is 296 g/mol. The van der Waals surface area contributed by atoms with Gasteiger partial charge in [-0.1, -0.05) is 0 Å². The Bertz CT molecular complexity index is 694. The number of hydrogen-bond donors (Lipinski definition) is 2. The maximum absolute atomic E-state index is 11.3. The number of carbonyl (C=O) groups excluding carboxylic acids is 1. The number of nitrogens with zero attached hydrogens (tertiary/aromatic N) is 2. The van der Waals surface area contributed by atoms with Crippen molar-refractivity contribution >= 4 is 28.7 Å². The molecule has 0 radical (unpaired) electrons. The number of nitrogens with one attached hydrogen (secondary N) is 2. The molecule has 0 spiro atoms. The highest BCUT2D eigenvalue weighted by Crippen LogP contribution is 2.21. The van der Waals surface area contributed by atoms with Gasteiger partial charge in [0.05, 0.1) is 22.8 Å². The molecule has 0 aromatic heterocycles. The molecule has 1 aromatic rings. The van der Waals surface area contributed by atoms with Crippen LogP contribution in [0, 0.1) is 5.41 Å². The molecule has 22 heavy (non-hydrogen) atoms. The van der Waals surface area contributed by atoms with Gasteiger partial charge in [-0.3, -0.25) is 4.79 Å². The quantitative estimate of drug-likeness (QED) is 0.842. The summed E-state index contributed by atoms with van der Waals surface area (Å²) in [7, 11) is 3.97. The van der Waals surface area contributed by atoms with Crippen molar-refractivity contribution < 1.29 is 4.79 Å². The Kier molecular flexibility index (Phi) is 4.56. The van der Waals surface area contributed by atoms with E-state index in [1.165, 1.54) is 6.92 Å². The Morgan fingerprint density at radius 1 is 1.18 bits per heavy atom. The number of carbonyl (C=O) groups is 1. The van der Waals surface area contributed by atoms with Crippen LogP contribution in [0.5, 0.6) is 0 Å². The van der Waals surface area contributed by atoms with Gasteiger partial charge in [0.15, 0.2) is 0 Å². The van der Waals surface area contributed by atoms with E-state index in [2.05, 4.69) is 10.3 Å². The van der Waals surface area contributed by atoms with Crippen molar-refractivity contribution in [2.45, 2.75) is 13.8 Å². The van der Waals surface area contributed by atoms with Crippen LogP contribution in [-0.2, 0) is 4.79 Å². The van der Waals surface area contributed by atoms with E-state index in [9.17, 15) is 4.79 Å². The summed E-state index contributed by atoms with van der Waals surface area (Å²) in [4.78, 5) is 17.9. The summed E-state index contributed by atoms with van der Waals surface area (Å²) in [5.74, 6) is -0.178. The molecule has 5 nitrogen and oxygen atoms in total. The first-order valence-electron chi connectivity index (χ1n) is 7.00. The van der Waals surface area contributed by atoms with Crippen molar-refractivity contribution in [2.75, 3.05) is 19.0 Å². The predicted molar refractivity (Wildman–Crippen MR) is 91.2 cm³/mol. The molecular formula is C17H20N4O. The second-order valence-corrected chi connectivity index (χ2v) is 5.39.